The van der Waals surface area contributed by atoms with Crippen molar-refractivity contribution in [1.82, 2.24) is 25.1 Å². The highest BCUT2D eigenvalue weighted by Gasteiger charge is 2.14. The Morgan fingerprint density at radius 3 is 2.52 bits per heavy atom. The molecule has 0 aliphatic heterocycles. The van der Waals surface area contributed by atoms with Gasteiger partial charge in [0.1, 0.15) is 5.75 Å². The fourth-order valence-electron chi connectivity index (χ4n) is 2.45. The molecule has 0 radical (unpaired) electrons. The largest absolute Gasteiger partial charge is 0.497 e. The van der Waals surface area contributed by atoms with Crippen LogP contribution in [0.15, 0.2) is 53.7 Å². The molecule has 0 unspecified atom stereocenters. The molecule has 0 N–H and O–H groups in total. The van der Waals surface area contributed by atoms with Crippen LogP contribution in [0.2, 0.25) is 0 Å². The minimum absolute atomic E-state index is 0.0184. The summed E-state index contributed by atoms with van der Waals surface area (Å²) in [5.41, 5.74) is 3.11. The average Bonchev–Trinajstić information content (AvgIpc) is 3.16. The van der Waals surface area contributed by atoms with E-state index in [-0.39, 0.29) is 11.7 Å². The number of benzene rings is 2. The first-order valence-corrected chi connectivity index (χ1v) is 9.40. The highest BCUT2D eigenvalue weighted by atomic mass is 32.2. The Hall–Kier alpha value is -2.87. The van der Waals surface area contributed by atoms with Crippen molar-refractivity contribution in [2.75, 3.05) is 19.9 Å². The number of hydrogen-bond donors (Lipinski definition) is 0. The van der Waals surface area contributed by atoms with E-state index in [0.29, 0.717) is 11.7 Å². The molecule has 3 rings (SSSR count). The monoisotopic (exact) mass is 383 g/mol. The van der Waals surface area contributed by atoms with Crippen molar-refractivity contribution >= 4 is 17.7 Å². The van der Waals surface area contributed by atoms with Crippen molar-refractivity contribution in [2.24, 2.45) is 0 Å². The maximum atomic E-state index is 12.5. The predicted octanol–water partition coefficient (Wildman–Crippen LogP) is 2.73. The van der Waals surface area contributed by atoms with Gasteiger partial charge in [-0.15, -0.1) is 5.10 Å². The van der Waals surface area contributed by atoms with Gasteiger partial charge in [0.2, 0.25) is 11.1 Å². The standard InChI is InChI=1S/C19H21N5O2S/c1-14-4-6-15(7-5-14)12-23(2)18(25)13-27-19-20-21-22-24(19)16-8-10-17(26-3)11-9-16/h4-11H,12-13H2,1-3H3. The lowest BCUT2D eigenvalue weighted by Gasteiger charge is -2.17. The first kappa shape index (κ1) is 18.9. The van der Waals surface area contributed by atoms with E-state index < -0.39 is 0 Å². The molecule has 0 saturated heterocycles. The number of nitrogens with zero attached hydrogens (tertiary/aromatic N) is 5. The summed E-state index contributed by atoms with van der Waals surface area (Å²) < 4.78 is 6.77. The molecule has 0 aliphatic rings. The van der Waals surface area contributed by atoms with Crippen LogP contribution in [0.5, 0.6) is 5.75 Å². The van der Waals surface area contributed by atoms with E-state index in [2.05, 4.69) is 15.5 Å². The van der Waals surface area contributed by atoms with Gasteiger partial charge in [0, 0.05) is 13.6 Å². The number of rotatable bonds is 7. The summed E-state index contributed by atoms with van der Waals surface area (Å²) in [5.74, 6) is 1.04. The quantitative estimate of drug-likeness (QED) is 0.584. The number of tetrazole rings is 1. The molecule has 0 fully saturated rings. The van der Waals surface area contributed by atoms with E-state index in [9.17, 15) is 4.79 Å². The van der Waals surface area contributed by atoms with Crippen LogP contribution in [0.1, 0.15) is 11.1 Å². The number of methoxy groups -OCH3 is 1. The molecule has 140 valence electrons. The highest BCUT2D eigenvalue weighted by Crippen LogP contribution is 2.20. The lowest BCUT2D eigenvalue weighted by Crippen LogP contribution is -2.27. The molecule has 0 spiro atoms. The number of hydrogen-bond acceptors (Lipinski definition) is 6. The molecule has 7 nitrogen and oxygen atoms in total. The Morgan fingerprint density at radius 1 is 1.15 bits per heavy atom. The highest BCUT2D eigenvalue weighted by molar-refractivity contribution is 7.99. The Bertz CT molecular complexity index is 893. The van der Waals surface area contributed by atoms with Crippen molar-refractivity contribution in [3.05, 3.63) is 59.7 Å². The number of aryl methyl sites for hydroxylation is 1. The van der Waals surface area contributed by atoms with Crippen LogP contribution in [-0.2, 0) is 11.3 Å². The summed E-state index contributed by atoms with van der Waals surface area (Å²) in [6.45, 7) is 2.62. The molecule has 1 aromatic heterocycles. The minimum Gasteiger partial charge on any atom is -0.497 e. The second kappa shape index (κ2) is 8.68. The van der Waals surface area contributed by atoms with E-state index in [0.717, 1.165) is 17.0 Å². The first-order chi connectivity index (χ1) is 13.1. The molecule has 0 atom stereocenters. The third-order valence-electron chi connectivity index (χ3n) is 4.05. The summed E-state index contributed by atoms with van der Waals surface area (Å²) in [5, 5.41) is 12.3. The second-order valence-electron chi connectivity index (χ2n) is 6.10. The lowest BCUT2D eigenvalue weighted by molar-refractivity contribution is -0.127. The first-order valence-electron chi connectivity index (χ1n) is 8.42. The third-order valence-corrected chi connectivity index (χ3v) is 4.95. The Kier molecular flexibility index (Phi) is 6.08. The van der Waals surface area contributed by atoms with Crippen LogP contribution in [0.4, 0.5) is 0 Å². The minimum atomic E-state index is 0.0184. The summed E-state index contributed by atoms with van der Waals surface area (Å²) in [7, 11) is 3.42. The van der Waals surface area contributed by atoms with E-state index in [1.807, 2.05) is 55.5 Å². The van der Waals surface area contributed by atoms with Gasteiger partial charge < -0.3 is 9.64 Å². The summed E-state index contributed by atoms with van der Waals surface area (Å²) in [4.78, 5) is 14.2. The van der Waals surface area contributed by atoms with E-state index >= 15 is 0 Å². The lowest BCUT2D eigenvalue weighted by atomic mass is 10.1. The number of carbonyl (C=O) groups is 1. The van der Waals surface area contributed by atoms with E-state index in [1.165, 1.54) is 17.3 Å². The van der Waals surface area contributed by atoms with Crippen molar-refractivity contribution in [2.45, 2.75) is 18.6 Å². The molecule has 8 heteroatoms. The maximum Gasteiger partial charge on any atom is 0.233 e. The van der Waals surface area contributed by atoms with Gasteiger partial charge in [-0.3, -0.25) is 4.79 Å². The molecule has 0 bridgehead atoms. The molecule has 1 heterocycles. The predicted molar refractivity (Wildman–Crippen MR) is 104 cm³/mol. The third kappa shape index (κ3) is 4.85. The molecule has 0 saturated carbocycles. The number of aromatic nitrogens is 4. The van der Waals surface area contributed by atoms with Crippen LogP contribution in [0.25, 0.3) is 5.69 Å². The Balaban J connectivity index is 1.60. The second-order valence-corrected chi connectivity index (χ2v) is 7.04. The van der Waals surface area contributed by atoms with Crippen molar-refractivity contribution < 1.29 is 9.53 Å². The van der Waals surface area contributed by atoms with Gasteiger partial charge in [-0.1, -0.05) is 41.6 Å². The summed E-state index contributed by atoms with van der Waals surface area (Å²) >= 11 is 1.31. The molecule has 0 aliphatic carbocycles. The number of carbonyl (C=O) groups excluding carboxylic acids is 1. The van der Waals surface area contributed by atoms with Crippen LogP contribution >= 0.6 is 11.8 Å². The summed E-state index contributed by atoms with van der Waals surface area (Å²) in [6.07, 6.45) is 0. The molecule has 3 aromatic rings. The molecule has 27 heavy (non-hydrogen) atoms. The average molecular weight is 383 g/mol. The van der Waals surface area contributed by atoms with Crippen LogP contribution < -0.4 is 4.74 Å². The van der Waals surface area contributed by atoms with Crippen molar-refractivity contribution in [3.63, 3.8) is 0 Å². The van der Waals surface area contributed by atoms with E-state index in [1.54, 1.807) is 23.7 Å². The van der Waals surface area contributed by atoms with Gasteiger partial charge in [0.25, 0.3) is 0 Å². The Labute approximate surface area is 162 Å². The van der Waals surface area contributed by atoms with Crippen molar-refractivity contribution in [1.29, 1.82) is 0 Å². The van der Waals surface area contributed by atoms with Crippen molar-refractivity contribution in [3.8, 4) is 11.4 Å². The SMILES string of the molecule is COc1ccc(-n2nnnc2SCC(=O)N(C)Cc2ccc(C)cc2)cc1. The number of amides is 1. The topological polar surface area (TPSA) is 73.1 Å². The maximum absolute atomic E-state index is 12.5. The molecule has 1 amide bonds. The number of thioether (sulfide) groups is 1. The van der Waals surface area contributed by atoms with Gasteiger partial charge in [-0.25, -0.2) is 0 Å². The van der Waals surface area contributed by atoms with Gasteiger partial charge in [0.05, 0.1) is 18.6 Å². The van der Waals surface area contributed by atoms with Gasteiger partial charge in [-0.2, -0.15) is 4.68 Å². The smallest absolute Gasteiger partial charge is 0.233 e. The molecular weight excluding hydrogens is 362 g/mol. The van der Waals surface area contributed by atoms with E-state index in [4.69, 9.17) is 4.74 Å². The van der Waals surface area contributed by atoms with Crippen LogP contribution in [0.3, 0.4) is 0 Å². The summed E-state index contributed by atoms with van der Waals surface area (Å²) in [6, 6.07) is 15.6. The normalized spacial score (nSPS) is 10.6. The molecular formula is C19H21N5O2S. The molecule has 2 aromatic carbocycles. The number of ether oxygens (including phenoxy) is 1. The zero-order valence-electron chi connectivity index (χ0n) is 15.5. The zero-order valence-corrected chi connectivity index (χ0v) is 16.3. The van der Waals surface area contributed by atoms with Gasteiger partial charge in [0.15, 0.2) is 0 Å². The fraction of sp³-hybridized carbons (Fsp3) is 0.263. The fourth-order valence-corrected chi connectivity index (χ4v) is 3.28. The Morgan fingerprint density at radius 2 is 1.85 bits per heavy atom. The van der Waals surface area contributed by atoms with Crippen LogP contribution in [-0.4, -0.2) is 50.9 Å². The van der Waals surface area contributed by atoms with Gasteiger partial charge >= 0.3 is 0 Å². The zero-order chi connectivity index (χ0) is 19.2. The van der Waals surface area contributed by atoms with Crippen LogP contribution in [0, 0.1) is 6.92 Å². The van der Waals surface area contributed by atoms with Gasteiger partial charge in [-0.05, 0) is 47.2 Å².